The third-order valence-electron chi connectivity index (χ3n) is 4.59. The Morgan fingerprint density at radius 3 is 2.08 bits per heavy atom. The number of piperazine rings is 1. The van der Waals surface area contributed by atoms with Gasteiger partial charge >= 0.3 is 0 Å². The Balaban J connectivity index is 1.54. The molecule has 0 aliphatic carbocycles. The second-order valence-corrected chi connectivity index (χ2v) is 6.25. The number of amides is 1. The summed E-state index contributed by atoms with van der Waals surface area (Å²) in [5.41, 5.74) is 3.11. The number of halogens is 1. The first-order valence-electron chi connectivity index (χ1n) is 8.50. The molecule has 1 amide bonds. The highest BCUT2D eigenvalue weighted by atomic mass is 19.1. The molecule has 1 fully saturated rings. The van der Waals surface area contributed by atoms with Crippen LogP contribution in [0, 0.1) is 5.82 Å². The Bertz CT molecular complexity index is 674. The van der Waals surface area contributed by atoms with Gasteiger partial charge < -0.3 is 4.90 Å². The van der Waals surface area contributed by atoms with Crippen molar-refractivity contribution >= 4 is 5.91 Å². The van der Waals surface area contributed by atoms with E-state index in [4.69, 9.17) is 0 Å². The summed E-state index contributed by atoms with van der Waals surface area (Å²) in [5, 5.41) is 0. The second kappa shape index (κ2) is 7.58. The van der Waals surface area contributed by atoms with Gasteiger partial charge in [-0.3, -0.25) is 9.69 Å². The number of carbonyl (C=O) groups is 1. The van der Waals surface area contributed by atoms with Crippen LogP contribution >= 0.6 is 0 Å². The number of nitrogens with zero attached hydrogens (tertiary/aromatic N) is 2. The highest BCUT2D eigenvalue weighted by molar-refractivity contribution is 5.94. The van der Waals surface area contributed by atoms with Crippen molar-refractivity contribution in [2.45, 2.75) is 19.9 Å². The molecule has 0 aromatic heterocycles. The van der Waals surface area contributed by atoms with Gasteiger partial charge in [-0.2, -0.15) is 0 Å². The first-order valence-corrected chi connectivity index (χ1v) is 8.50. The Labute approximate surface area is 142 Å². The summed E-state index contributed by atoms with van der Waals surface area (Å²) >= 11 is 0. The smallest absolute Gasteiger partial charge is 0.253 e. The lowest BCUT2D eigenvalue weighted by molar-refractivity contribution is 0.0628. The van der Waals surface area contributed by atoms with Gasteiger partial charge in [0.2, 0.25) is 0 Å². The Kier molecular flexibility index (Phi) is 5.26. The first-order chi connectivity index (χ1) is 11.7. The number of rotatable bonds is 4. The lowest BCUT2D eigenvalue weighted by Gasteiger charge is -2.34. The van der Waals surface area contributed by atoms with Crippen molar-refractivity contribution in [2.24, 2.45) is 0 Å². The van der Waals surface area contributed by atoms with Crippen LogP contribution in [0.3, 0.4) is 0 Å². The van der Waals surface area contributed by atoms with Gasteiger partial charge in [-0.25, -0.2) is 4.39 Å². The van der Waals surface area contributed by atoms with Crippen LogP contribution in [0.2, 0.25) is 0 Å². The molecule has 2 aromatic rings. The van der Waals surface area contributed by atoms with E-state index in [1.807, 2.05) is 41.3 Å². The minimum Gasteiger partial charge on any atom is -0.336 e. The van der Waals surface area contributed by atoms with E-state index >= 15 is 0 Å². The minimum absolute atomic E-state index is 0.110. The highest BCUT2D eigenvalue weighted by Gasteiger charge is 2.22. The van der Waals surface area contributed by atoms with Crippen molar-refractivity contribution in [2.75, 3.05) is 26.2 Å². The molecule has 3 nitrogen and oxygen atoms in total. The first kappa shape index (κ1) is 16.7. The van der Waals surface area contributed by atoms with Crippen molar-refractivity contribution in [1.82, 2.24) is 9.80 Å². The Morgan fingerprint density at radius 1 is 0.917 bits per heavy atom. The molecule has 0 atom stereocenters. The molecular formula is C20H23FN2O. The lowest BCUT2D eigenvalue weighted by Crippen LogP contribution is -2.48. The van der Waals surface area contributed by atoms with Crippen LogP contribution in [0.1, 0.15) is 28.4 Å². The van der Waals surface area contributed by atoms with E-state index < -0.39 is 0 Å². The normalized spacial score (nSPS) is 15.5. The van der Waals surface area contributed by atoms with E-state index in [0.717, 1.165) is 50.3 Å². The predicted molar refractivity (Wildman–Crippen MR) is 93.4 cm³/mol. The zero-order valence-corrected chi connectivity index (χ0v) is 14.0. The van der Waals surface area contributed by atoms with E-state index in [2.05, 4.69) is 11.8 Å². The summed E-state index contributed by atoms with van der Waals surface area (Å²) in [4.78, 5) is 16.8. The summed E-state index contributed by atoms with van der Waals surface area (Å²) in [7, 11) is 0. The van der Waals surface area contributed by atoms with E-state index in [1.165, 1.54) is 17.7 Å². The molecule has 126 valence electrons. The molecule has 0 radical (unpaired) electrons. The van der Waals surface area contributed by atoms with Gasteiger partial charge in [0, 0.05) is 38.3 Å². The monoisotopic (exact) mass is 326 g/mol. The molecule has 3 rings (SSSR count). The fraction of sp³-hybridized carbons (Fsp3) is 0.350. The third kappa shape index (κ3) is 4.01. The quantitative estimate of drug-likeness (QED) is 0.860. The molecule has 0 bridgehead atoms. The van der Waals surface area contributed by atoms with Crippen LogP contribution in [-0.4, -0.2) is 41.9 Å². The molecule has 0 unspecified atom stereocenters. The van der Waals surface area contributed by atoms with E-state index in [0.29, 0.717) is 0 Å². The topological polar surface area (TPSA) is 23.6 Å². The fourth-order valence-corrected chi connectivity index (χ4v) is 3.02. The van der Waals surface area contributed by atoms with Crippen molar-refractivity contribution < 1.29 is 9.18 Å². The molecule has 2 aromatic carbocycles. The summed E-state index contributed by atoms with van der Waals surface area (Å²) in [6, 6.07) is 14.5. The molecule has 0 spiro atoms. The molecule has 24 heavy (non-hydrogen) atoms. The number of hydrogen-bond donors (Lipinski definition) is 0. The molecule has 4 heteroatoms. The predicted octanol–water partition coefficient (Wildman–Crippen LogP) is 3.35. The van der Waals surface area contributed by atoms with Crippen molar-refractivity contribution in [3.05, 3.63) is 71.0 Å². The zero-order chi connectivity index (χ0) is 16.9. The number of benzene rings is 2. The van der Waals surface area contributed by atoms with Crippen LogP contribution in [-0.2, 0) is 13.0 Å². The minimum atomic E-state index is -0.205. The maximum absolute atomic E-state index is 13.0. The molecule has 1 heterocycles. The van der Waals surface area contributed by atoms with Crippen LogP contribution in [0.25, 0.3) is 0 Å². The lowest BCUT2D eigenvalue weighted by atomic mass is 10.1. The molecule has 1 saturated heterocycles. The van der Waals surface area contributed by atoms with Crippen LogP contribution in [0.5, 0.6) is 0 Å². The van der Waals surface area contributed by atoms with Crippen molar-refractivity contribution in [1.29, 1.82) is 0 Å². The van der Waals surface area contributed by atoms with E-state index in [-0.39, 0.29) is 11.7 Å². The molecule has 1 aliphatic rings. The van der Waals surface area contributed by atoms with E-state index in [1.54, 1.807) is 0 Å². The largest absolute Gasteiger partial charge is 0.336 e. The number of carbonyl (C=O) groups excluding carboxylic acids is 1. The second-order valence-electron chi connectivity index (χ2n) is 6.25. The van der Waals surface area contributed by atoms with Crippen LogP contribution < -0.4 is 0 Å². The maximum Gasteiger partial charge on any atom is 0.253 e. The highest BCUT2D eigenvalue weighted by Crippen LogP contribution is 2.13. The summed E-state index contributed by atoms with van der Waals surface area (Å²) in [5.74, 6) is -0.0951. The number of hydrogen-bond acceptors (Lipinski definition) is 2. The summed E-state index contributed by atoms with van der Waals surface area (Å²) in [6.07, 6.45) is 0.983. The molecule has 0 N–H and O–H groups in total. The summed E-state index contributed by atoms with van der Waals surface area (Å²) in [6.45, 7) is 6.06. The summed E-state index contributed by atoms with van der Waals surface area (Å²) < 4.78 is 13.0. The molecule has 0 saturated carbocycles. The number of aryl methyl sites for hydroxylation is 1. The zero-order valence-electron chi connectivity index (χ0n) is 14.0. The van der Waals surface area contributed by atoms with Crippen molar-refractivity contribution in [3.63, 3.8) is 0 Å². The van der Waals surface area contributed by atoms with Gasteiger partial charge in [0.15, 0.2) is 0 Å². The van der Waals surface area contributed by atoms with E-state index in [9.17, 15) is 9.18 Å². The fourth-order valence-electron chi connectivity index (χ4n) is 3.02. The average Bonchev–Trinajstić information content (AvgIpc) is 2.64. The van der Waals surface area contributed by atoms with Gasteiger partial charge in [-0.15, -0.1) is 0 Å². The third-order valence-corrected chi connectivity index (χ3v) is 4.59. The molecule has 1 aliphatic heterocycles. The van der Waals surface area contributed by atoms with Crippen LogP contribution in [0.4, 0.5) is 4.39 Å². The maximum atomic E-state index is 13.0. The van der Waals surface area contributed by atoms with Crippen molar-refractivity contribution in [3.8, 4) is 0 Å². The van der Waals surface area contributed by atoms with Gasteiger partial charge in [-0.1, -0.05) is 31.2 Å². The van der Waals surface area contributed by atoms with Gasteiger partial charge in [0.25, 0.3) is 5.91 Å². The van der Waals surface area contributed by atoms with Gasteiger partial charge in [0.05, 0.1) is 0 Å². The standard InChI is InChI=1S/C20H23FN2O/c1-2-16-3-7-18(8-4-16)20(24)23-13-11-22(12-14-23)15-17-5-9-19(21)10-6-17/h3-10H,2,11-15H2,1H3. The van der Waals surface area contributed by atoms with Crippen LogP contribution in [0.15, 0.2) is 48.5 Å². The van der Waals surface area contributed by atoms with Gasteiger partial charge in [0.1, 0.15) is 5.82 Å². The Hall–Kier alpha value is -2.20. The Morgan fingerprint density at radius 2 is 1.50 bits per heavy atom. The van der Waals surface area contributed by atoms with Gasteiger partial charge in [-0.05, 0) is 41.8 Å². The average molecular weight is 326 g/mol. The molecular weight excluding hydrogens is 303 g/mol. The SMILES string of the molecule is CCc1ccc(C(=O)N2CCN(Cc3ccc(F)cc3)CC2)cc1.